The van der Waals surface area contributed by atoms with Crippen LogP contribution in [0.2, 0.25) is 0 Å². The van der Waals surface area contributed by atoms with Crippen molar-refractivity contribution in [1.29, 1.82) is 0 Å². The Morgan fingerprint density at radius 2 is 1.85 bits per heavy atom. The first-order valence-corrected chi connectivity index (χ1v) is 9.97. The molecule has 2 aromatic carbocycles. The summed E-state index contributed by atoms with van der Waals surface area (Å²) in [4.78, 5) is 26.5. The number of nitrogens with zero attached hydrogens (tertiary/aromatic N) is 3. The topological polar surface area (TPSA) is 75.2 Å². The Hall–Kier alpha value is -2.58. The van der Waals surface area contributed by atoms with Crippen molar-refractivity contribution in [3.8, 4) is 0 Å². The van der Waals surface area contributed by atoms with Crippen LogP contribution in [0, 0.1) is 0 Å². The number of carbonyl (C=O) groups excluding carboxylic acids is 2. The van der Waals surface area contributed by atoms with Crippen molar-refractivity contribution in [1.82, 2.24) is 10.2 Å². The molecule has 1 aliphatic heterocycles. The molecule has 0 radical (unpaired) electrons. The van der Waals surface area contributed by atoms with Gasteiger partial charge in [-0.25, -0.2) is 0 Å². The molecule has 1 aromatic heterocycles. The molecular weight excluding hydrogens is 428 g/mol. The van der Waals surface area contributed by atoms with Gasteiger partial charge in [-0.3, -0.25) is 14.9 Å². The maximum atomic E-state index is 12.4. The molecule has 8 heteroatoms. The Kier molecular flexibility index (Phi) is 5.00. The molecule has 1 aliphatic rings. The standard InChI is InChI=1S/C19H15BrN4O2S/c20-15-9-5-4-8-14(15)17(26)21-19-23-22-18(27-19)12-10-16(25)24(11-12)13-6-2-1-3-7-13/h1-9,12H,10-11H2,(H,21,23,26)/t12-/m1/s1. The summed E-state index contributed by atoms with van der Waals surface area (Å²) in [5.74, 6) is -0.205. The van der Waals surface area contributed by atoms with Gasteiger partial charge >= 0.3 is 0 Å². The second-order valence-corrected chi connectivity index (χ2v) is 7.98. The van der Waals surface area contributed by atoms with E-state index in [1.165, 1.54) is 11.3 Å². The summed E-state index contributed by atoms with van der Waals surface area (Å²) in [5, 5.41) is 12.2. The number of aromatic nitrogens is 2. The van der Waals surface area contributed by atoms with Gasteiger partial charge in [0.05, 0.1) is 5.56 Å². The third-order valence-electron chi connectivity index (χ3n) is 4.32. The van der Waals surface area contributed by atoms with Crippen LogP contribution >= 0.6 is 27.3 Å². The number of hydrogen-bond acceptors (Lipinski definition) is 5. The fourth-order valence-electron chi connectivity index (χ4n) is 2.99. The van der Waals surface area contributed by atoms with Crippen molar-refractivity contribution in [2.75, 3.05) is 16.8 Å². The van der Waals surface area contributed by atoms with E-state index in [1.807, 2.05) is 42.5 Å². The minimum atomic E-state index is -0.251. The molecule has 1 fully saturated rings. The molecule has 0 bridgehead atoms. The molecule has 4 rings (SSSR count). The first-order valence-electron chi connectivity index (χ1n) is 8.36. The zero-order valence-corrected chi connectivity index (χ0v) is 16.5. The average molecular weight is 443 g/mol. The zero-order chi connectivity index (χ0) is 18.8. The maximum Gasteiger partial charge on any atom is 0.258 e. The average Bonchev–Trinajstić information content (AvgIpc) is 3.29. The first kappa shape index (κ1) is 17.8. The molecule has 0 spiro atoms. The minimum absolute atomic E-state index is 0.0238. The van der Waals surface area contributed by atoms with Gasteiger partial charge < -0.3 is 4.90 Å². The molecule has 1 N–H and O–H groups in total. The summed E-state index contributed by atoms with van der Waals surface area (Å²) >= 11 is 4.68. The maximum absolute atomic E-state index is 12.4. The van der Waals surface area contributed by atoms with Crippen molar-refractivity contribution in [2.24, 2.45) is 0 Å². The smallest absolute Gasteiger partial charge is 0.258 e. The summed E-state index contributed by atoms with van der Waals surface area (Å²) in [7, 11) is 0. The van der Waals surface area contributed by atoms with Gasteiger partial charge in [0.15, 0.2) is 0 Å². The van der Waals surface area contributed by atoms with Gasteiger partial charge in [0.25, 0.3) is 5.91 Å². The van der Waals surface area contributed by atoms with Crippen LogP contribution in [0.3, 0.4) is 0 Å². The molecule has 0 unspecified atom stereocenters. The molecule has 2 heterocycles. The quantitative estimate of drug-likeness (QED) is 0.660. The van der Waals surface area contributed by atoms with Crippen LogP contribution in [0.1, 0.15) is 27.7 Å². The highest BCUT2D eigenvalue weighted by molar-refractivity contribution is 9.10. The van der Waals surface area contributed by atoms with Crippen molar-refractivity contribution < 1.29 is 9.59 Å². The summed E-state index contributed by atoms with van der Waals surface area (Å²) < 4.78 is 0.715. The van der Waals surface area contributed by atoms with E-state index >= 15 is 0 Å². The van der Waals surface area contributed by atoms with E-state index in [2.05, 4.69) is 31.4 Å². The van der Waals surface area contributed by atoms with E-state index in [4.69, 9.17) is 0 Å². The molecule has 1 atom stereocenters. The molecule has 0 saturated carbocycles. The Labute approximate surface area is 168 Å². The van der Waals surface area contributed by atoms with Crippen LogP contribution in [0.4, 0.5) is 10.8 Å². The Balaban J connectivity index is 1.46. The third kappa shape index (κ3) is 3.77. The predicted octanol–water partition coefficient (Wildman–Crippen LogP) is 4.07. The van der Waals surface area contributed by atoms with E-state index in [0.29, 0.717) is 28.1 Å². The summed E-state index contributed by atoms with van der Waals surface area (Å²) in [5.41, 5.74) is 1.41. The van der Waals surface area contributed by atoms with Gasteiger partial charge in [0, 0.05) is 29.0 Å². The van der Waals surface area contributed by atoms with E-state index in [0.717, 1.165) is 10.7 Å². The van der Waals surface area contributed by atoms with E-state index in [1.54, 1.807) is 17.0 Å². The molecule has 3 aromatic rings. The fraction of sp³-hybridized carbons (Fsp3) is 0.158. The van der Waals surface area contributed by atoms with Crippen LogP contribution < -0.4 is 10.2 Å². The van der Waals surface area contributed by atoms with Crippen molar-refractivity contribution in [2.45, 2.75) is 12.3 Å². The highest BCUT2D eigenvalue weighted by atomic mass is 79.9. The molecule has 6 nitrogen and oxygen atoms in total. The van der Waals surface area contributed by atoms with Gasteiger partial charge in [-0.05, 0) is 40.2 Å². The lowest BCUT2D eigenvalue weighted by Crippen LogP contribution is -2.24. The van der Waals surface area contributed by atoms with E-state index in [-0.39, 0.29) is 17.7 Å². The largest absolute Gasteiger partial charge is 0.312 e. The van der Waals surface area contributed by atoms with E-state index < -0.39 is 0 Å². The number of hydrogen-bond donors (Lipinski definition) is 1. The second-order valence-electron chi connectivity index (χ2n) is 6.12. The minimum Gasteiger partial charge on any atom is -0.312 e. The number of benzene rings is 2. The number of nitrogens with one attached hydrogen (secondary N) is 1. The van der Waals surface area contributed by atoms with Crippen LogP contribution in [0.25, 0.3) is 0 Å². The van der Waals surface area contributed by atoms with Crippen molar-refractivity contribution >= 4 is 49.9 Å². The van der Waals surface area contributed by atoms with Crippen LogP contribution in [-0.2, 0) is 4.79 Å². The summed E-state index contributed by atoms with van der Waals surface area (Å²) in [6.07, 6.45) is 0.391. The molecule has 136 valence electrons. The molecular formula is C19H15BrN4O2S. The molecule has 1 saturated heterocycles. The third-order valence-corrected chi connectivity index (χ3v) is 6.01. The second kappa shape index (κ2) is 7.58. The van der Waals surface area contributed by atoms with Crippen molar-refractivity contribution in [3.05, 3.63) is 69.6 Å². The Morgan fingerprint density at radius 1 is 1.11 bits per heavy atom. The van der Waals surface area contributed by atoms with Gasteiger partial charge in [-0.2, -0.15) is 0 Å². The normalized spacial score (nSPS) is 16.6. The lowest BCUT2D eigenvalue weighted by Gasteiger charge is -2.15. The number of rotatable bonds is 4. The highest BCUT2D eigenvalue weighted by Crippen LogP contribution is 2.34. The molecule has 0 aliphatic carbocycles. The monoisotopic (exact) mass is 442 g/mol. The number of amides is 2. The lowest BCUT2D eigenvalue weighted by atomic mass is 10.1. The lowest BCUT2D eigenvalue weighted by molar-refractivity contribution is -0.117. The number of halogens is 1. The Morgan fingerprint density at radius 3 is 2.63 bits per heavy atom. The number of anilines is 2. The summed E-state index contributed by atoms with van der Waals surface area (Å²) in [6, 6.07) is 16.8. The van der Waals surface area contributed by atoms with Crippen LogP contribution in [0.15, 0.2) is 59.1 Å². The molecule has 2 amide bonds. The van der Waals surface area contributed by atoms with Gasteiger partial charge in [-0.15, -0.1) is 10.2 Å². The first-order chi connectivity index (χ1) is 13.1. The zero-order valence-electron chi connectivity index (χ0n) is 14.1. The SMILES string of the molecule is O=C(Nc1nnc([C@@H]2CC(=O)N(c3ccccc3)C2)s1)c1ccccc1Br. The Bertz CT molecular complexity index is 992. The fourth-order valence-corrected chi connectivity index (χ4v) is 4.28. The number of carbonyl (C=O) groups is 2. The van der Waals surface area contributed by atoms with E-state index in [9.17, 15) is 9.59 Å². The molecule has 27 heavy (non-hydrogen) atoms. The predicted molar refractivity (Wildman–Crippen MR) is 108 cm³/mol. The van der Waals surface area contributed by atoms with Gasteiger partial charge in [0.1, 0.15) is 5.01 Å². The number of para-hydroxylation sites is 1. The van der Waals surface area contributed by atoms with Crippen LogP contribution in [-0.4, -0.2) is 28.6 Å². The van der Waals surface area contributed by atoms with Gasteiger partial charge in [-0.1, -0.05) is 41.7 Å². The summed E-state index contributed by atoms with van der Waals surface area (Å²) in [6.45, 7) is 0.565. The van der Waals surface area contributed by atoms with Gasteiger partial charge in [0.2, 0.25) is 11.0 Å². The van der Waals surface area contributed by atoms with Crippen molar-refractivity contribution in [3.63, 3.8) is 0 Å². The highest BCUT2D eigenvalue weighted by Gasteiger charge is 2.33. The van der Waals surface area contributed by atoms with Crippen LogP contribution in [0.5, 0.6) is 0 Å².